The van der Waals surface area contributed by atoms with Gasteiger partial charge in [0, 0.05) is 12.8 Å². The van der Waals surface area contributed by atoms with Crippen LogP contribution in [0.3, 0.4) is 0 Å². The van der Waals surface area contributed by atoms with E-state index < -0.39 is 24.0 Å². The first-order valence-corrected chi connectivity index (χ1v) is 8.21. The SMILES string of the molecule is CCCCCC(=O)CC(=O)NC(C[C@H](O)c1ccccc1)C(=O)O. The van der Waals surface area contributed by atoms with Crippen molar-refractivity contribution in [1.82, 2.24) is 5.32 Å². The molecule has 0 radical (unpaired) electrons. The molecule has 1 unspecified atom stereocenters. The lowest BCUT2D eigenvalue weighted by molar-refractivity contribution is -0.143. The van der Waals surface area contributed by atoms with Crippen LogP contribution in [-0.4, -0.2) is 33.9 Å². The molecule has 1 amide bonds. The molecule has 0 aliphatic rings. The average molecular weight is 335 g/mol. The van der Waals surface area contributed by atoms with Gasteiger partial charge in [0.05, 0.1) is 12.5 Å². The van der Waals surface area contributed by atoms with Gasteiger partial charge in [-0.05, 0) is 12.0 Å². The average Bonchev–Trinajstić information content (AvgIpc) is 2.55. The third-order valence-electron chi connectivity index (χ3n) is 3.69. The van der Waals surface area contributed by atoms with Crippen molar-refractivity contribution in [3.8, 4) is 0 Å². The molecule has 1 aromatic rings. The predicted molar refractivity (Wildman–Crippen MR) is 89.4 cm³/mol. The van der Waals surface area contributed by atoms with Crippen LogP contribution in [0.5, 0.6) is 0 Å². The summed E-state index contributed by atoms with van der Waals surface area (Å²) in [4.78, 5) is 34.8. The van der Waals surface area contributed by atoms with Gasteiger partial charge in [0.15, 0.2) is 0 Å². The molecule has 0 fully saturated rings. The molecule has 0 bridgehead atoms. The van der Waals surface area contributed by atoms with Crippen LogP contribution in [0.25, 0.3) is 0 Å². The summed E-state index contributed by atoms with van der Waals surface area (Å²) < 4.78 is 0. The molecule has 6 nitrogen and oxygen atoms in total. The predicted octanol–water partition coefficient (Wildman–Crippen LogP) is 2.22. The summed E-state index contributed by atoms with van der Waals surface area (Å²) in [6.07, 6.45) is 1.48. The number of nitrogens with one attached hydrogen (secondary N) is 1. The molecule has 0 aliphatic carbocycles. The molecule has 0 heterocycles. The molecule has 0 saturated heterocycles. The maximum atomic E-state index is 11.8. The van der Waals surface area contributed by atoms with E-state index in [9.17, 15) is 24.6 Å². The highest BCUT2D eigenvalue weighted by Gasteiger charge is 2.24. The lowest BCUT2D eigenvalue weighted by Crippen LogP contribution is -2.42. The van der Waals surface area contributed by atoms with Crippen LogP contribution >= 0.6 is 0 Å². The summed E-state index contributed by atoms with van der Waals surface area (Å²) in [5.41, 5.74) is 0.577. The van der Waals surface area contributed by atoms with E-state index in [0.717, 1.165) is 19.3 Å². The number of carbonyl (C=O) groups is 3. The topological polar surface area (TPSA) is 104 Å². The normalized spacial score (nSPS) is 13.1. The summed E-state index contributed by atoms with van der Waals surface area (Å²) in [7, 11) is 0. The Balaban J connectivity index is 2.52. The Labute approximate surface area is 141 Å². The van der Waals surface area contributed by atoms with Crippen LogP contribution in [0.2, 0.25) is 0 Å². The molecule has 0 aromatic heterocycles. The number of ketones is 1. The maximum absolute atomic E-state index is 11.8. The largest absolute Gasteiger partial charge is 0.480 e. The van der Waals surface area contributed by atoms with Crippen LogP contribution in [0.4, 0.5) is 0 Å². The zero-order valence-electron chi connectivity index (χ0n) is 13.9. The number of aliphatic carboxylic acids is 1. The Morgan fingerprint density at radius 1 is 1.12 bits per heavy atom. The lowest BCUT2D eigenvalue weighted by atomic mass is 10.0. The monoisotopic (exact) mass is 335 g/mol. The van der Waals surface area contributed by atoms with Gasteiger partial charge in [0.25, 0.3) is 0 Å². The van der Waals surface area contributed by atoms with Gasteiger partial charge < -0.3 is 15.5 Å². The second kappa shape index (κ2) is 10.5. The second-order valence-electron chi connectivity index (χ2n) is 5.79. The summed E-state index contributed by atoms with van der Waals surface area (Å²) in [5, 5.41) is 21.6. The van der Waals surface area contributed by atoms with Crippen molar-refractivity contribution in [3.05, 3.63) is 35.9 Å². The van der Waals surface area contributed by atoms with Crippen molar-refractivity contribution >= 4 is 17.7 Å². The fourth-order valence-corrected chi connectivity index (χ4v) is 2.34. The first kappa shape index (κ1) is 19.8. The van der Waals surface area contributed by atoms with E-state index in [1.807, 2.05) is 6.92 Å². The standard InChI is InChI=1S/C18H25NO5/c1-2-3-5-10-14(20)11-17(22)19-15(18(23)24)12-16(21)13-8-6-4-7-9-13/h4,6-9,15-16,21H,2-3,5,10-12H2,1H3,(H,19,22)(H,23,24)/t15?,16-/m0/s1. The molecular weight excluding hydrogens is 310 g/mol. The first-order chi connectivity index (χ1) is 11.4. The molecule has 132 valence electrons. The van der Waals surface area contributed by atoms with Crippen molar-refractivity contribution in [2.45, 2.75) is 57.6 Å². The minimum Gasteiger partial charge on any atom is -0.480 e. The minimum atomic E-state index is -1.24. The molecule has 0 saturated carbocycles. The van der Waals surface area contributed by atoms with Gasteiger partial charge in [0.1, 0.15) is 11.8 Å². The van der Waals surface area contributed by atoms with Gasteiger partial charge in [-0.2, -0.15) is 0 Å². The van der Waals surface area contributed by atoms with Gasteiger partial charge in [0.2, 0.25) is 5.91 Å². The van der Waals surface area contributed by atoms with Crippen LogP contribution in [0.15, 0.2) is 30.3 Å². The van der Waals surface area contributed by atoms with E-state index in [1.165, 1.54) is 0 Å². The Morgan fingerprint density at radius 3 is 2.38 bits per heavy atom. The van der Waals surface area contributed by atoms with E-state index >= 15 is 0 Å². The Morgan fingerprint density at radius 2 is 1.79 bits per heavy atom. The summed E-state index contributed by atoms with van der Waals surface area (Å²) >= 11 is 0. The number of carboxylic acids is 1. The summed E-state index contributed by atoms with van der Waals surface area (Å²) in [6, 6.07) is 7.39. The maximum Gasteiger partial charge on any atom is 0.326 e. The molecule has 2 atom stereocenters. The van der Waals surface area contributed by atoms with E-state index in [2.05, 4.69) is 5.32 Å². The fraction of sp³-hybridized carbons (Fsp3) is 0.500. The van der Waals surface area contributed by atoms with Crippen molar-refractivity contribution in [2.24, 2.45) is 0 Å². The zero-order chi connectivity index (χ0) is 17.9. The smallest absolute Gasteiger partial charge is 0.326 e. The highest BCUT2D eigenvalue weighted by Crippen LogP contribution is 2.18. The van der Waals surface area contributed by atoms with Gasteiger partial charge in [-0.15, -0.1) is 0 Å². The van der Waals surface area contributed by atoms with Crippen molar-refractivity contribution in [3.63, 3.8) is 0 Å². The first-order valence-electron chi connectivity index (χ1n) is 8.21. The Hall–Kier alpha value is -2.21. The number of amides is 1. The number of hydrogen-bond donors (Lipinski definition) is 3. The number of unbranched alkanes of at least 4 members (excludes halogenated alkanes) is 2. The second-order valence-corrected chi connectivity index (χ2v) is 5.79. The zero-order valence-corrected chi connectivity index (χ0v) is 13.9. The van der Waals surface area contributed by atoms with Crippen LogP contribution in [-0.2, 0) is 14.4 Å². The summed E-state index contributed by atoms with van der Waals surface area (Å²) in [6.45, 7) is 2.02. The molecular formula is C18H25NO5. The minimum absolute atomic E-state index is 0.158. The number of carboxylic acid groups (broad SMARTS) is 1. The number of aliphatic hydroxyl groups excluding tert-OH is 1. The quantitative estimate of drug-likeness (QED) is 0.425. The molecule has 0 aliphatic heterocycles. The fourth-order valence-electron chi connectivity index (χ4n) is 2.34. The van der Waals surface area contributed by atoms with Gasteiger partial charge in [-0.1, -0.05) is 50.1 Å². The number of hydrogen-bond acceptors (Lipinski definition) is 4. The van der Waals surface area contributed by atoms with Crippen molar-refractivity contribution in [2.75, 3.05) is 0 Å². The molecule has 3 N–H and O–H groups in total. The highest BCUT2D eigenvalue weighted by molar-refractivity contribution is 5.99. The molecule has 24 heavy (non-hydrogen) atoms. The third-order valence-corrected chi connectivity index (χ3v) is 3.69. The third kappa shape index (κ3) is 7.37. The summed E-state index contributed by atoms with van der Waals surface area (Å²) in [5.74, 6) is -2.06. The van der Waals surface area contributed by atoms with E-state index in [-0.39, 0.29) is 18.6 Å². The Bertz CT molecular complexity index is 544. The number of carbonyl (C=O) groups excluding carboxylic acids is 2. The van der Waals surface area contributed by atoms with Crippen LogP contribution < -0.4 is 5.32 Å². The molecule has 6 heteroatoms. The van der Waals surface area contributed by atoms with Gasteiger partial charge in [-0.25, -0.2) is 4.79 Å². The van der Waals surface area contributed by atoms with Crippen molar-refractivity contribution < 1.29 is 24.6 Å². The van der Waals surface area contributed by atoms with E-state index in [4.69, 9.17) is 0 Å². The van der Waals surface area contributed by atoms with Gasteiger partial charge in [-0.3, -0.25) is 9.59 Å². The van der Waals surface area contributed by atoms with Gasteiger partial charge >= 0.3 is 5.97 Å². The van der Waals surface area contributed by atoms with Crippen LogP contribution in [0, 0.1) is 0 Å². The van der Waals surface area contributed by atoms with Crippen LogP contribution in [0.1, 0.15) is 57.1 Å². The Kier molecular flexibility index (Phi) is 8.71. The number of rotatable bonds is 11. The van der Waals surface area contributed by atoms with E-state index in [0.29, 0.717) is 12.0 Å². The molecule has 0 spiro atoms. The van der Waals surface area contributed by atoms with Crippen molar-refractivity contribution in [1.29, 1.82) is 0 Å². The number of benzene rings is 1. The number of aliphatic hydroxyl groups is 1. The lowest BCUT2D eigenvalue weighted by Gasteiger charge is -2.18. The van der Waals surface area contributed by atoms with E-state index in [1.54, 1.807) is 30.3 Å². The highest BCUT2D eigenvalue weighted by atomic mass is 16.4. The molecule has 1 aromatic carbocycles. The number of Topliss-reactive ketones (excluding diaryl/α,β-unsaturated/α-hetero) is 1. The molecule has 1 rings (SSSR count).